The molecule has 2 aliphatic rings. The van der Waals surface area contributed by atoms with Gasteiger partial charge >= 0.3 is 0 Å². The Morgan fingerprint density at radius 2 is 1.77 bits per heavy atom. The summed E-state index contributed by atoms with van der Waals surface area (Å²) in [5, 5.41) is 0. The zero-order valence-corrected chi connectivity index (χ0v) is 9.18. The van der Waals surface area contributed by atoms with Crippen LogP contribution >= 0.6 is 0 Å². The third-order valence-electron chi connectivity index (χ3n) is 4.21. The SMILES string of the molecule is C[NH+]1CCCC1[N+]1(C)CCCCC1. The molecule has 2 heterocycles. The Morgan fingerprint density at radius 3 is 2.31 bits per heavy atom. The molecule has 0 spiro atoms. The van der Waals surface area contributed by atoms with Crippen LogP contribution in [0.4, 0.5) is 0 Å². The second kappa shape index (κ2) is 3.58. The monoisotopic (exact) mass is 184 g/mol. The normalized spacial score (nSPS) is 39.2. The molecule has 0 amide bonds. The Hall–Kier alpha value is -0.0800. The Labute approximate surface area is 82.1 Å². The van der Waals surface area contributed by atoms with Gasteiger partial charge in [0.05, 0.1) is 40.2 Å². The summed E-state index contributed by atoms with van der Waals surface area (Å²) in [6.45, 7) is 4.27. The van der Waals surface area contributed by atoms with Gasteiger partial charge in [0.25, 0.3) is 0 Å². The minimum Gasteiger partial charge on any atom is -0.288 e. The van der Waals surface area contributed by atoms with Gasteiger partial charge in [0.15, 0.2) is 0 Å². The van der Waals surface area contributed by atoms with E-state index in [0.717, 1.165) is 6.17 Å². The molecule has 13 heavy (non-hydrogen) atoms. The first kappa shape index (κ1) is 9.47. The van der Waals surface area contributed by atoms with E-state index in [1.54, 1.807) is 4.90 Å². The number of rotatable bonds is 1. The number of nitrogens with zero attached hydrogens (tertiary/aromatic N) is 1. The van der Waals surface area contributed by atoms with E-state index in [0.29, 0.717) is 0 Å². The van der Waals surface area contributed by atoms with Crippen molar-refractivity contribution in [3.8, 4) is 0 Å². The molecule has 0 aromatic rings. The lowest BCUT2D eigenvalue weighted by Gasteiger charge is -2.42. The zero-order valence-electron chi connectivity index (χ0n) is 9.18. The molecule has 2 saturated heterocycles. The Balaban J connectivity index is 2.03. The van der Waals surface area contributed by atoms with E-state index in [4.69, 9.17) is 0 Å². The average Bonchev–Trinajstić information content (AvgIpc) is 2.53. The highest BCUT2D eigenvalue weighted by molar-refractivity contribution is 4.58. The van der Waals surface area contributed by atoms with Crippen molar-refractivity contribution in [2.75, 3.05) is 33.7 Å². The topological polar surface area (TPSA) is 4.44 Å². The number of piperidine rings is 1. The summed E-state index contributed by atoms with van der Waals surface area (Å²) in [6, 6.07) is 0. The van der Waals surface area contributed by atoms with Crippen molar-refractivity contribution in [3.05, 3.63) is 0 Å². The summed E-state index contributed by atoms with van der Waals surface area (Å²) in [5.41, 5.74) is 0. The molecule has 76 valence electrons. The summed E-state index contributed by atoms with van der Waals surface area (Å²) in [7, 11) is 4.87. The van der Waals surface area contributed by atoms with Crippen LogP contribution in [0.5, 0.6) is 0 Å². The highest BCUT2D eigenvalue weighted by Gasteiger charge is 2.42. The second-order valence-corrected chi connectivity index (χ2v) is 5.24. The number of hydrogen-bond donors (Lipinski definition) is 1. The van der Waals surface area contributed by atoms with Gasteiger partial charge in [-0.3, -0.25) is 9.38 Å². The van der Waals surface area contributed by atoms with Crippen LogP contribution in [0, 0.1) is 0 Å². The highest BCUT2D eigenvalue weighted by atomic mass is 15.5. The van der Waals surface area contributed by atoms with Gasteiger partial charge in [0.1, 0.15) is 0 Å². The third kappa shape index (κ3) is 1.75. The predicted octanol–water partition coefficient (Wildman–Crippen LogP) is 0.252. The molecule has 0 radical (unpaired) electrons. The van der Waals surface area contributed by atoms with E-state index in [1.165, 1.54) is 56.2 Å². The van der Waals surface area contributed by atoms with Crippen molar-refractivity contribution >= 4 is 0 Å². The van der Waals surface area contributed by atoms with Crippen molar-refractivity contribution in [1.82, 2.24) is 0 Å². The molecule has 2 rings (SSSR count). The molecule has 2 nitrogen and oxygen atoms in total. The molecule has 1 N–H and O–H groups in total. The fourth-order valence-corrected chi connectivity index (χ4v) is 3.38. The molecule has 2 unspecified atom stereocenters. The van der Waals surface area contributed by atoms with Crippen LogP contribution in [0.1, 0.15) is 32.1 Å². The minimum atomic E-state index is 0.917. The molecule has 0 aromatic heterocycles. The van der Waals surface area contributed by atoms with Gasteiger partial charge in [-0.2, -0.15) is 0 Å². The van der Waals surface area contributed by atoms with Gasteiger partial charge in [-0.05, 0) is 19.3 Å². The maximum atomic E-state index is 2.48. The molecule has 2 atom stereocenters. The van der Waals surface area contributed by atoms with E-state index in [-0.39, 0.29) is 0 Å². The van der Waals surface area contributed by atoms with Crippen molar-refractivity contribution in [2.24, 2.45) is 0 Å². The maximum absolute atomic E-state index is 2.48. The molecule has 0 bridgehead atoms. The Morgan fingerprint density at radius 1 is 1.08 bits per heavy atom. The summed E-state index contributed by atoms with van der Waals surface area (Å²) in [5.74, 6) is 0. The Bertz CT molecular complexity index is 173. The molecule has 0 aromatic carbocycles. The van der Waals surface area contributed by atoms with Crippen LogP contribution in [-0.2, 0) is 0 Å². The van der Waals surface area contributed by atoms with Crippen LogP contribution in [-0.4, -0.2) is 44.4 Å². The van der Waals surface area contributed by atoms with Crippen LogP contribution in [0.15, 0.2) is 0 Å². The third-order valence-corrected chi connectivity index (χ3v) is 4.21. The smallest absolute Gasteiger partial charge is 0.214 e. The van der Waals surface area contributed by atoms with Gasteiger partial charge in [0, 0.05) is 6.42 Å². The lowest BCUT2D eigenvalue weighted by Crippen LogP contribution is -3.14. The predicted molar refractivity (Wildman–Crippen MR) is 54.5 cm³/mol. The van der Waals surface area contributed by atoms with Crippen LogP contribution in [0.2, 0.25) is 0 Å². The van der Waals surface area contributed by atoms with Crippen LogP contribution in [0.25, 0.3) is 0 Å². The van der Waals surface area contributed by atoms with Gasteiger partial charge < -0.3 is 0 Å². The van der Waals surface area contributed by atoms with Gasteiger partial charge in [-0.1, -0.05) is 0 Å². The van der Waals surface area contributed by atoms with E-state index in [9.17, 15) is 0 Å². The van der Waals surface area contributed by atoms with E-state index in [1.807, 2.05) is 0 Å². The maximum Gasteiger partial charge on any atom is 0.214 e. The minimum absolute atomic E-state index is 0.917. The summed E-state index contributed by atoms with van der Waals surface area (Å²) < 4.78 is 1.37. The van der Waals surface area contributed by atoms with Crippen LogP contribution < -0.4 is 4.90 Å². The molecule has 0 saturated carbocycles. The molecule has 2 heteroatoms. The first-order valence-corrected chi connectivity index (χ1v) is 5.89. The fraction of sp³-hybridized carbons (Fsp3) is 1.00. The second-order valence-electron chi connectivity index (χ2n) is 5.24. The van der Waals surface area contributed by atoms with Crippen molar-refractivity contribution < 1.29 is 9.38 Å². The molecular weight excluding hydrogens is 160 g/mol. The molecule has 2 fully saturated rings. The quantitative estimate of drug-likeness (QED) is 0.557. The number of quaternary nitrogens is 2. The lowest BCUT2D eigenvalue weighted by atomic mass is 10.1. The summed E-state index contributed by atoms with van der Waals surface area (Å²) in [6.07, 6.45) is 8.22. The van der Waals surface area contributed by atoms with Crippen LogP contribution in [0.3, 0.4) is 0 Å². The van der Waals surface area contributed by atoms with E-state index < -0.39 is 0 Å². The van der Waals surface area contributed by atoms with Crippen molar-refractivity contribution in [3.63, 3.8) is 0 Å². The van der Waals surface area contributed by atoms with Crippen molar-refractivity contribution in [2.45, 2.75) is 38.3 Å². The molecule has 2 aliphatic heterocycles. The molecular formula is C11H24N2+2. The number of likely N-dealkylation sites (tertiary alicyclic amines) is 2. The van der Waals surface area contributed by atoms with Gasteiger partial charge in [0.2, 0.25) is 6.17 Å². The van der Waals surface area contributed by atoms with E-state index >= 15 is 0 Å². The standard InChI is InChI=1S/C11H23N2/c1-12-8-6-7-11(12)13(2)9-4-3-5-10-13/h11H,3-10H2,1-2H3/q+1/p+1. The summed E-state index contributed by atoms with van der Waals surface area (Å²) >= 11 is 0. The van der Waals surface area contributed by atoms with Gasteiger partial charge in [-0.15, -0.1) is 0 Å². The first-order chi connectivity index (χ1) is 6.22. The lowest BCUT2D eigenvalue weighted by molar-refractivity contribution is -1.10. The largest absolute Gasteiger partial charge is 0.288 e. The van der Waals surface area contributed by atoms with Crippen molar-refractivity contribution in [1.29, 1.82) is 0 Å². The highest BCUT2D eigenvalue weighted by Crippen LogP contribution is 2.21. The summed E-state index contributed by atoms with van der Waals surface area (Å²) in [4.78, 5) is 1.78. The van der Waals surface area contributed by atoms with E-state index in [2.05, 4.69) is 14.1 Å². The average molecular weight is 184 g/mol. The first-order valence-electron chi connectivity index (χ1n) is 5.89. The zero-order chi connectivity index (χ0) is 9.31. The Kier molecular flexibility index (Phi) is 2.61. The number of hydrogen-bond acceptors (Lipinski definition) is 0. The van der Waals surface area contributed by atoms with Gasteiger partial charge in [-0.25, -0.2) is 0 Å². The molecule has 0 aliphatic carbocycles. The fourth-order valence-electron chi connectivity index (χ4n) is 3.38. The number of nitrogens with one attached hydrogen (secondary N) is 1.